The Morgan fingerprint density at radius 3 is 3.00 bits per heavy atom. The van der Waals surface area contributed by atoms with E-state index in [9.17, 15) is 0 Å². The molecule has 29 heavy (non-hydrogen) atoms. The Kier molecular flexibility index (Phi) is 5.18. The molecule has 0 aromatic carbocycles. The SMILES string of the molecule is COc1cc2ncc(-c3cccc(N(C)C4CCNC4)n3)n2cc1/C(C=N)=C/N. The van der Waals surface area contributed by atoms with Gasteiger partial charge >= 0.3 is 0 Å². The summed E-state index contributed by atoms with van der Waals surface area (Å²) in [5, 5.41) is 11.0. The third kappa shape index (κ3) is 3.42. The summed E-state index contributed by atoms with van der Waals surface area (Å²) in [4.78, 5) is 11.6. The molecule has 150 valence electrons. The van der Waals surface area contributed by atoms with Gasteiger partial charge < -0.3 is 26.1 Å². The standard InChI is InChI=1S/C21H25N7O/c1-27(15-6-7-24-11-15)20-5-3-4-17(26-20)18-12-25-21-8-19(29-2)16(13-28(18)21)14(9-22)10-23/h3-5,8-10,12-13,15,22,24H,6-7,11,23H2,1-2H3/b14-10+,22-9?. The quantitative estimate of drug-likeness (QED) is 0.556. The van der Waals surface area contributed by atoms with E-state index in [1.54, 1.807) is 13.3 Å². The van der Waals surface area contributed by atoms with E-state index < -0.39 is 0 Å². The fourth-order valence-corrected chi connectivity index (χ4v) is 3.72. The van der Waals surface area contributed by atoms with Gasteiger partial charge in [0.1, 0.15) is 17.2 Å². The molecule has 4 rings (SSSR count). The Hall–Kier alpha value is -3.39. The predicted molar refractivity (Wildman–Crippen MR) is 116 cm³/mol. The highest BCUT2D eigenvalue weighted by Gasteiger charge is 2.21. The first kappa shape index (κ1) is 18.9. The average molecular weight is 391 g/mol. The van der Waals surface area contributed by atoms with Crippen LogP contribution in [0.4, 0.5) is 5.82 Å². The summed E-state index contributed by atoms with van der Waals surface area (Å²) in [6.45, 7) is 2.01. The number of imidazole rings is 1. The molecule has 4 heterocycles. The van der Waals surface area contributed by atoms with Gasteiger partial charge in [0.05, 0.1) is 24.7 Å². The summed E-state index contributed by atoms with van der Waals surface area (Å²) < 4.78 is 7.43. The molecule has 1 aliphatic heterocycles. The van der Waals surface area contributed by atoms with Crippen LogP contribution in [0, 0.1) is 5.41 Å². The van der Waals surface area contributed by atoms with E-state index in [1.165, 1.54) is 12.4 Å². The summed E-state index contributed by atoms with van der Waals surface area (Å²) in [7, 11) is 3.68. The average Bonchev–Trinajstić information content (AvgIpc) is 3.43. The van der Waals surface area contributed by atoms with Crippen molar-refractivity contribution < 1.29 is 4.74 Å². The van der Waals surface area contributed by atoms with Crippen LogP contribution in [-0.4, -0.2) is 53.9 Å². The summed E-state index contributed by atoms with van der Waals surface area (Å²) in [6.07, 6.45) is 7.41. The minimum atomic E-state index is 0.445. The van der Waals surface area contributed by atoms with Gasteiger partial charge in [0.15, 0.2) is 0 Å². The van der Waals surface area contributed by atoms with Crippen LogP contribution in [-0.2, 0) is 0 Å². The van der Waals surface area contributed by atoms with E-state index in [4.69, 9.17) is 20.9 Å². The monoisotopic (exact) mass is 391 g/mol. The predicted octanol–water partition coefficient (Wildman–Crippen LogP) is 2.15. The van der Waals surface area contributed by atoms with Gasteiger partial charge in [-0.05, 0) is 25.1 Å². The van der Waals surface area contributed by atoms with Gasteiger partial charge in [0.25, 0.3) is 0 Å². The molecule has 4 N–H and O–H groups in total. The van der Waals surface area contributed by atoms with Crippen LogP contribution >= 0.6 is 0 Å². The number of nitrogens with two attached hydrogens (primary N) is 1. The van der Waals surface area contributed by atoms with Crippen molar-refractivity contribution in [1.82, 2.24) is 19.7 Å². The molecule has 0 saturated carbocycles. The maximum absolute atomic E-state index is 7.64. The van der Waals surface area contributed by atoms with E-state index in [1.807, 2.05) is 34.9 Å². The van der Waals surface area contributed by atoms with Gasteiger partial charge in [-0.2, -0.15) is 0 Å². The number of aromatic nitrogens is 3. The number of pyridine rings is 2. The number of ether oxygens (including phenoxy) is 1. The molecule has 1 aliphatic rings. The zero-order valence-corrected chi connectivity index (χ0v) is 16.6. The Bertz CT molecular complexity index is 1070. The second-order valence-electron chi connectivity index (χ2n) is 7.03. The maximum atomic E-state index is 7.64. The first-order valence-corrected chi connectivity index (χ1v) is 9.55. The van der Waals surface area contributed by atoms with E-state index in [2.05, 4.69) is 22.2 Å². The van der Waals surface area contributed by atoms with Crippen LogP contribution in [0.25, 0.3) is 22.6 Å². The van der Waals surface area contributed by atoms with Crippen molar-refractivity contribution >= 4 is 23.3 Å². The summed E-state index contributed by atoms with van der Waals surface area (Å²) in [6, 6.07) is 8.31. The van der Waals surface area contributed by atoms with Crippen molar-refractivity contribution in [3.05, 3.63) is 48.4 Å². The lowest BCUT2D eigenvalue weighted by molar-refractivity contribution is 0.413. The van der Waals surface area contributed by atoms with Crippen LogP contribution < -0.4 is 20.7 Å². The molecule has 1 fully saturated rings. The zero-order chi connectivity index (χ0) is 20.4. The largest absolute Gasteiger partial charge is 0.496 e. The Morgan fingerprint density at radius 1 is 1.45 bits per heavy atom. The number of rotatable bonds is 6. The Balaban J connectivity index is 1.79. The van der Waals surface area contributed by atoms with E-state index in [0.717, 1.165) is 47.9 Å². The minimum absolute atomic E-state index is 0.445. The third-order valence-corrected chi connectivity index (χ3v) is 5.42. The fraction of sp³-hybridized carbons (Fsp3) is 0.286. The zero-order valence-electron chi connectivity index (χ0n) is 16.6. The number of anilines is 1. The van der Waals surface area contributed by atoms with E-state index >= 15 is 0 Å². The van der Waals surface area contributed by atoms with Crippen LogP contribution in [0.5, 0.6) is 5.75 Å². The maximum Gasteiger partial charge on any atom is 0.140 e. The molecular formula is C21H25N7O. The molecule has 1 saturated heterocycles. The van der Waals surface area contributed by atoms with Gasteiger partial charge in [-0.1, -0.05) is 6.07 Å². The second kappa shape index (κ2) is 7.92. The smallest absolute Gasteiger partial charge is 0.140 e. The van der Waals surface area contributed by atoms with Gasteiger partial charge in [-0.15, -0.1) is 0 Å². The molecule has 8 heteroatoms. The molecule has 0 spiro atoms. The third-order valence-electron chi connectivity index (χ3n) is 5.42. The van der Waals surface area contributed by atoms with Crippen molar-refractivity contribution in [2.45, 2.75) is 12.5 Å². The topological polar surface area (TPSA) is 105 Å². The number of fused-ring (bicyclic) bond motifs is 1. The molecule has 0 aliphatic carbocycles. The van der Waals surface area contributed by atoms with Gasteiger partial charge in [-0.25, -0.2) is 9.97 Å². The lowest BCUT2D eigenvalue weighted by Crippen LogP contribution is -2.33. The number of nitrogens with one attached hydrogen (secondary N) is 2. The van der Waals surface area contributed by atoms with E-state index in [0.29, 0.717) is 17.4 Å². The molecule has 0 bridgehead atoms. The van der Waals surface area contributed by atoms with Gasteiger partial charge in [-0.3, -0.25) is 4.40 Å². The van der Waals surface area contributed by atoms with Crippen molar-refractivity contribution in [3.8, 4) is 17.1 Å². The van der Waals surface area contributed by atoms with Crippen LogP contribution in [0.2, 0.25) is 0 Å². The molecule has 1 unspecified atom stereocenters. The molecule has 0 amide bonds. The highest BCUT2D eigenvalue weighted by atomic mass is 16.5. The highest BCUT2D eigenvalue weighted by Crippen LogP contribution is 2.30. The Labute approximate surface area is 169 Å². The van der Waals surface area contributed by atoms with Gasteiger partial charge in [0.2, 0.25) is 0 Å². The van der Waals surface area contributed by atoms with Crippen molar-refractivity contribution in [1.29, 1.82) is 5.41 Å². The molecule has 8 nitrogen and oxygen atoms in total. The molecule has 3 aromatic heterocycles. The molecule has 1 atom stereocenters. The first-order valence-electron chi connectivity index (χ1n) is 9.55. The number of likely N-dealkylation sites (N-methyl/N-ethyl adjacent to an activating group) is 1. The summed E-state index contributed by atoms with van der Waals surface area (Å²) >= 11 is 0. The number of hydrogen-bond donors (Lipinski definition) is 3. The van der Waals surface area contributed by atoms with Crippen LogP contribution in [0.3, 0.4) is 0 Å². The van der Waals surface area contributed by atoms with Crippen LogP contribution in [0.1, 0.15) is 12.0 Å². The highest BCUT2D eigenvalue weighted by molar-refractivity contribution is 6.09. The normalized spacial score (nSPS) is 16.9. The van der Waals surface area contributed by atoms with Crippen molar-refractivity contribution in [3.63, 3.8) is 0 Å². The number of hydrogen-bond acceptors (Lipinski definition) is 7. The summed E-state index contributed by atoms with van der Waals surface area (Å²) in [5.74, 6) is 1.55. The van der Waals surface area contributed by atoms with E-state index in [-0.39, 0.29) is 0 Å². The molecule has 0 radical (unpaired) electrons. The summed E-state index contributed by atoms with van der Waals surface area (Å²) in [5.41, 5.74) is 9.43. The van der Waals surface area contributed by atoms with Gasteiger partial charge in [0, 0.05) is 55.4 Å². The molecular weight excluding hydrogens is 366 g/mol. The van der Waals surface area contributed by atoms with Crippen molar-refractivity contribution in [2.24, 2.45) is 5.73 Å². The fourth-order valence-electron chi connectivity index (χ4n) is 3.72. The minimum Gasteiger partial charge on any atom is -0.496 e. The lowest BCUT2D eigenvalue weighted by Gasteiger charge is -2.25. The lowest BCUT2D eigenvalue weighted by atomic mass is 10.1. The second-order valence-corrected chi connectivity index (χ2v) is 7.03. The van der Waals surface area contributed by atoms with Crippen LogP contribution in [0.15, 0.2) is 42.9 Å². The number of allylic oxidation sites excluding steroid dienone is 1. The number of nitrogens with zero attached hydrogens (tertiary/aromatic N) is 4. The Morgan fingerprint density at radius 2 is 2.31 bits per heavy atom. The molecule has 3 aromatic rings. The number of methoxy groups -OCH3 is 1. The van der Waals surface area contributed by atoms with Crippen molar-refractivity contribution in [2.75, 3.05) is 32.1 Å². The first-order chi connectivity index (χ1) is 14.2.